The van der Waals surface area contributed by atoms with Gasteiger partial charge in [-0.1, -0.05) is 98.8 Å². The molecule has 0 unspecified atom stereocenters. The van der Waals surface area contributed by atoms with Crippen LogP contribution in [0.25, 0.3) is 21.5 Å². The molecule has 5 aromatic rings. The highest BCUT2D eigenvalue weighted by molar-refractivity contribution is 7.95. The fraction of sp³-hybridized carbons (Fsp3) is 0.327. The molecule has 0 saturated heterocycles. The molecular formula is C52H57N2O8S3+. The van der Waals surface area contributed by atoms with Crippen LogP contribution in [-0.2, 0) is 40.9 Å². The van der Waals surface area contributed by atoms with Crippen molar-refractivity contribution in [3.8, 4) is 0 Å². The Bertz CT molecular complexity index is 3200. The molecule has 0 atom stereocenters. The number of anilines is 1. The van der Waals surface area contributed by atoms with E-state index in [1.54, 1.807) is 30.3 Å². The lowest BCUT2D eigenvalue weighted by molar-refractivity contribution is -0.438. The Balaban J connectivity index is 1.26. The Labute approximate surface area is 383 Å². The van der Waals surface area contributed by atoms with Crippen LogP contribution in [0.5, 0.6) is 0 Å². The highest BCUT2D eigenvalue weighted by atomic mass is 32.2. The Morgan fingerprint density at radius 3 is 1.89 bits per heavy atom. The van der Waals surface area contributed by atoms with Crippen LogP contribution < -0.4 is 4.90 Å². The molecule has 0 fully saturated rings. The third kappa shape index (κ3) is 9.31. The molecule has 2 aliphatic heterocycles. The van der Waals surface area contributed by atoms with Gasteiger partial charge in [-0.05, 0) is 121 Å². The molecule has 0 aromatic heterocycles. The van der Waals surface area contributed by atoms with Gasteiger partial charge in [0.15, 0.2) is 5.71 Å². The third-order valence-corrected chi connectivity index (χ3v) is 16.8. The molecule has 0 radical (unpaired) electrons. The fourth-order valence-electron chi connectivity index (χ4n) is 10.3. The van der Waals surface area contributed by atoms with Crippen molar-refractivity contribution < 1.29 is 38.9 Å². The van der Waals surface area contributed by atoms with Crippen molar-refractivity contribution in [2.75, 3.05) is 29.5 Å². The topological polar surface area (TPSA) is 149 Å². The minimum Gasteiger partial charge on any atom is -0.344 e. The van der Waals surface area contributed by atoms with Gasteiger partial charge in [0.1, 0.15) is 6.54 Å². The van der Waals surface area contributed by atoms with Gasteiger partial charge in [-0.3, -0.25) is 9.11 Å². The van der Waals surface area contributed by atoms with Gasteiger partial charge < -0.3 is 4.90 Å². The highest BCUT2D eigenvalue weighted by Gasteiger charge is 2.46. The van der Waals surface area contributed by atoms with Crippen LogP contribution >= 0.6 is 0 Å². The molecule has 5 aromatic carbocycles. The zero-order chi connectivity index (χ0) is 46.4. The van der Waals surface area contributed by atoms with Crippen LogP contribution in [0.3, 0.4) is 0 Å². The lowest BCUT2D eigenvalue weighted by Crippen LogP contribution is -2.28. The molecule has 340 valence electrons. The number of sulfone groups is 1. The average molecular weight is 934 g/mol. The Hall–Kier alpha value is -5.18. The smallest absolute Gasteiger partial charge is 0.264 e. The van der Waals surface area contributed by atoms with Crippen LogP contribution in [0.15, 0.2) is 154 Å². The van der Waals surface area contributed by atoms with Gasteiger partial charge in [0.25, 0.3) is 20.2 Å². The second-order valence-corrected chi connectivity index (χ2v) is 23.4. The summed E-state index contributed by atoms with van der Waals surface area (Å²) < 4.78 is 97.8. The zero-order valence-corrected chi connectivity index (χ0v) is 39.8. The van der Waals surface area contributed by atoms with E-state index >= 15 is 8.42 Å². The molecule has 2 heterocycles. The number of allylic oxidation sites excluding steroid dienone is 7. The first-order valence-electron chi connectivity index (χ1n) is 22.3. The van der Waals surface area contributed by atoms with Crippen molar-refractivity contribution in [3.05, 3.63) is 160 Å². The lowest BCUT2D eigenvalue weighted by Gasteiger charge is -2.28. The SMILES string of the molecule is CC1(C)C(/C=C/C2=C(S(=O)(=O)c3ccccc3)C(=C/C=C3/N(CCCCS(=O)(=O)O)c4ccc5ccccc5c4C3(C)C)/CCC2)=[N+](CCCCS(=O)(=O)O)c2ccc3ccccc3c21. The molecule has 0 spiro atoms. The van der Waals surface area contributed by atoms with Gasteiger partial charge in [-0.25, -0.2) is 8.42 Å². The maximum Gasteiger partial charge on any atom is 0.264 e. The maximum atomic E-state index is 15.0. The van der Waals surface area contributed by atoms with Gasteiger partial charge >= 0.3 is 0 Å². The first-order valence-corrected chi connectivity index (χ1v) is 27.0. The Morgan fingerprint density at radius 2 is 1.23 bits per heavy atom. The largest absolute Gasteiger partial charge is 0.344 e. The van der Waals surface area contributed by atoms with Crippen molar-refractivity contribution in [2.24, 2.45) is 0 Å². The van der Waals surface area contributed by atoms with Crippen LogP contribution in [0.1, 0.15) is 83.8 Å². The van der Waals surface area contributed by atoms with Crippen LogP contribution in [0, 0.1) is 0 Å². The summed E-state index contributed by atoms with van der Waals surface area (Å²) >= 11 is 0. The summed E-state index contributed by atoms with van der Waals surface area (Å²) in [5.74, 6) is -0.658. The number of nitrogens with zero attached hydrogens (tertiary/aromatic N) is 2. The molecule has 0 amide bonds. The van der Waals surface area contributed by atoms with Gasteiger partial charge in [0.05, 0.1) is 26.7 Å². The molecule has 0 saturated carbocycles. The number of benzene rings is 5. The summed E-state index contributed by atoms with van der Waals surface area (Å²) in [6.07, 6.45) is 11.4. The van der Waals surface area contributed by atoms with E-state index in [0.717, 1.165) is 61.9 Å². The van der Waals surface area contributed by atoms with E-state index in [1.165, 1.54) is 0 Å². The Kier molecular flexibility index (Phi) is 12.8. The summed E-state index contributed by atoms with van der Waals surface area (Å²) in [6.45, 7) is 9.67. The predicted octanol–water partition coefficient (Wildman–Crippen LogP) is 10.8. The molecule has 8 rings (SSSR count). The van der Waals surface area contributed by atoms with Gasteiger partial charge in [-0.2, -0.15) is 21.4 Å². The van der Waals surface area contributed by atoms with E-state index in [4.69, 9.17) is 0 Å². The normalized spacial score (nSPS) is 18.8. The highest BCUT2D eigenvalue weighted by Crippen LogP contribution is 2.51. The van der Waals surface area contributed by atoms with Crippen LogP contribution in [-0.4, -0.2) is 69.2 Å². The van der Waals surface area contributed by atoms with Crippen LogP contribution in [0.2, 0.25) is 0 Å². The molecule has 65 heavy (non-hydrogen) atoms. The van der Waals surface area contributed by atoms with Crippen molar-refractivity contribution >= 4 is 68.7 Å². The quantitative estimate of drug-likeness (QED) is 0.0594. The molecule has 10 nitrogen and oxygen atoms in total. The number of unbranched alkanes of at least 4 members (excludes halogenated alkanes) is 2. The summed E-state index contributed by atoms with van der Waals surface area (Å²) in [5.41, 5.74) is 6.60. The maximum absolute atomic E-state index is 15.0. The average Bonchev–Trinajstić information content (AvgIpc) is 3.62. The number of rotatable bonds is 15. The van der Waals surface area contributed by atoms with E-state index in [2.05, 4.69) is 85.7 Å². The molecule has 13 heteroatoms. The van der Waals surface area contributed by atoms with Gasteiger partial charge in [0.2, 0.25) is 15.5 Å². The van der Waals surface area contributed by atoms with Crippen molar-refractivity contribution in [1.82, 2.24) is 0 Å². The Morgan fingerprint density at radius 1 is 0.631 bits per heavy atom. The van der Waals surface area contributed by atoms with E-state index in [9.17, 15) is 25.9 Å². The van der Waals surface area contributed by atoms with E-state index in [-0.39, 0.29) is 34.1 Å². The molecule has 3 aliphatic rings. The minimum atomic E-state index is -4.11. The van der Waals surface area contributed by atoms with E-state index in [1.807, 2.05) is 48.6 Å². The number of hydrogen-bond donors (Lipinski definition) is 2. The minimum absolute atomic E-state index is 0.204. The first-order chi connectivity index (χ1) is 30.8. The standard InChI is InChI=1S/C52H56N2O8S3/c1-51(2)46(53(33-12-14-35-63(55,56)57)44-29-25-37-17-8-10-23-42(37)48(44)51)31-27-39-19-16-20-40(50(39)65(61,62)41-21-6-5-7-22-41)28-32-47-52(3,4)49-43-24-11-9-18-38(43)26-30-45(49)54(47)34-13-15-36-64(58,59)60/h5-11,17-18,21-32H,12-16,19-20,33-36H2,1-4H3,(H-,55,56,57,58,59,60)/p+1. The first kappa shape index (κ1) is 46.4. The predicted molar refractivity (Wildman–Crippen MR) is 262 cm³/mol. The van der Waals surface area contributed by atoms with E-state index in [0.29, 0.717) is 49.9 Å². The molecular weight excluding hydrogens is 877 g/mol. The molecule has 0 bridgehead atoms. The summed E-state index contributed by atoms with van der Waals surface area (Å²) in [6, 6.07) is 33.4. The second kappa shape index (κ2) is 17.9. The number of fused-ring (bicyclic) bond motifs is 6. The zero-order valence-electron chi connectivity index (χ0n) is 37.4. The third-order valence-electron chi connectivity index (χ3n) is 13.3. The van der Waals surface area contributed by atoms with Crippen molar-refractivity contribution in [3.63, 3.8) is 0 Å². The second-order valence-electron chi connectivity index (χ2n) is 18.4. The van der Waals surface area contributed by atoms with Gasteiger partial charge in [-0.15, -0.1) is 0 Å². The summed E-state index contributed by atoms with van der Waals surface area (Å²) in [4.78, 5) is 2.70. The van der Waals surface area contributed by atoms with Crippen LogP contribution in [0.4, 0.5) is 11.4 Å². The fourth-order valence-corrected chi connectivity index (χ4v) is 13.2. The van der Waals surface area contributed by atoms with Crippen molar-refractivity contribution in [1.29, 1.82) is 0 Å². The van der Waals surface area contributed by atoms with Crippen molar-refractivity contribution in [2.45, 2.75) is 88.4 Å². The molecule has 1 aliphatic carbocycles. The monoisotopic (exact) mass is 933 g/mol. The van der Waals surface area contributed by atoms with Gasteiger partial charge in [0, 0.05) is 47.5 Å². The van der Waals surface area contributed by atoms with E-state index < -0.39 is 40.9 Å². The summed E-state index contributed by atoms with van der Waals surface area (Å²) in [5, 5.41) is 4.43. The summed E-state index contributed by atoms with van der Waals surface area (Å²) in [7, 11) is -12.3. The molecule has 2 N–H and O–H groups in total. The lowest BCUT2D eigenvalue weighted by atomic mass is 9.78. The number of hydrogen-bond acceptors (Lipinski definition) is 7.